The van der Waals surface area contributed by atoms with Crippen molar-refractivity contribution in [1.82, 2.24) is 19.3 Å². The lowest BCUT2D eigenvalue weighted by Crippen LogP contribution is -2.02. The largest absolute Gasteiger partial charge is 0.383 e. The summed E-state index contributed by atoms with van der Waals surface area (Å²) in [4.78, 5) is 4.08. The molecule has 5 nitrogen and oxygen atoms in total. The van der Waals surface area contributed by atoms with Gasteiger partial charge in [0.1, 0.15) is 5.82 Å². The van der Waals surface area contributed by atoms with Crippen LogP contribution >= 0.6 is 0 Å². The Bertz CT molecular complexity index is 492. The SMILES string of the molecule is Cn1cncc1-c1cnn(C2CC2)c1N. The highest BCUT2D eigenvalue weighted by Gasteiger charge is 2.27. The van der Waals surface area contributed by atoms with Crippen LogP contribution in [-0.2, 0) is 7.05 Å². The smallest absolute Gasteiger partial charge is 0.131 e. The predicted molar refractivity (Wildman–Crippen MR) is 57.1 cm³/mol. The molecule has 0 aromatic carbocycles. The van der Waals surface area contributed by atoms with Crippen LogP contribution in [0.3, 0.4) is 0 Å². The van der Waals surface area contributed by atoms with E-state index < -0.39 is 0 Å². The van der Waals surface area contributed by atoms with Crippen LogP contribution in [0.25, 0.3) is 11.3 Å². The molecule has 0 spiro atoms. The van der Waals surface area contributed by atoms with Gasteiger partial charge >= 0.3 is 0 Å². The Hall–Kier alpha value is -1.78. The second kappa shape index (κ2) is 2.85. The number of imidazole rings is 1. The first-order valence-corrected chi connectivity index (χ1v) is 5.07. The molecule has 2 aromatic heterocycles. The minimum atomic E-state index is 0.520. The first-order valence-electron chi connectivity index (χ1n) is 5.07. The van der Waals surface area contributed by atoms with E-state index >= 15 is 0 Å². The molecule has 0 aliphatic heterocycles. The molecule has 0 saturated heterocycles. The fraction of sp³-hybridized carbons (Fsp3) is 0.400. The van der Waals surface area contributed by atoms with Crippen molar-refractivity contribution in [2.75, 3.05) is 5.73 Å². The van der Waals surface area contributed by atoms with E-state index in [0.29, 0.717) is 6.04 Å². The number of hydrogen-bond acceptors (Lipinski definition) is 3. The van der Waals surface area contributed by atoms with E-state index in [-0.39, 0.29) is 0 Å². The van der Waals surface area contributed by atoms with Crippen molar-refractivity contribution < 1.29 is 0 Å². The van der Waals surface area contributed by atoms with Crippen molar-refractivity contribution in [3.8, 4) is 11.3 Å². The number of nitrogens with zero attached hydrogens (tertiary/aromatic N) is 4. The molecule has 2 N–H and O–H groups in total. The molecule has 78 valence electrons. The third-order valence-corrected chi connectivity index (χ3v) is 2.82. The van der Waals surface area contributed by atoms with Crippen LogP contribution in [0.1, 0.15) is 18.9 Å². The maximum Gasteiger partial charge on any atom is 0.131 e. The van der Waals surface area contributed by atoms with Crippen molar-refractivity contribution in [1.29, 1.82) is 0 Å². The first-order chi connectivity index (χ1) is 7.27. The Balaban J connectivity index is 2.09. The second-order valence-electron chi connectivity index (χ2n) is 4.01. The van der Waals surface area contributed by atoms with Crippen LogP contribution in [0.4, 0.5) is 5.82 Å². The molecule has 1 saturated carbocycles. The lowest BCUT2D eigenvalue weighted by molar-refractivity contribution is 0.651. The van der Waals surface area contributed by atoms with E-state index in [2.05, 4.69) is 10.1 Å². The highest BCUT2D eigenvalue weighted by Crippen LogP contribution is 2.38. The standard InChI is InChI=1S/C10H13N5/c1-14-6-12-5-9(14)8-4-13-15(10(8)11)7-2-3-7/h4-7H,2-3,11H2,1H3. The minimum absolute atomic E-state index is 0.520. The average molecular weight is 203 g/mol. The number of rotatable bonds is 2. The zero-order chi connectivity index (χ0) is 10.4. The van der Waals surface area contributed by atoms with Gasteiger partial charge in [-0.25, -0.2) is 9.67 Å². The summed E-state index contributed by atoms with van der Waals surface area (Å²) < 4.78 is 3.87. The number of aromatic nitrogens is 4. The summed E-state index contributed by atoms with van der Waals surface area (Å²) in [5.41, 5.74) is 8.05. The lowest BCUT2D eigenvalue weighted by Gasteiger charge is -2.03. The summed E-state index contributed by atoms with van der Waals surface area (Å²) in [6.07, 6.45) is 7.78. The normalized spacial score (nSPS) is 15.8. The van der Waals surface area contributed by atoms with Gasteiger partial charge < -0.3 is 10.3 Å². The molecule has 0 amide bonds. The van der Waals surface area contributed by atoms with Crippen LogP contribution in [0.2, 0.25) is 0 Å². The van der Waals surface area contributed by atoms with Crippen molar-refractivity contribution in [2.45, 2.75) is 18.9 Å². The molecule has 1 aliphatic carbocycles. The molecule has 1 fully saturated rings. The summed E-state index contributed by atoms with van der Waals surface area (Å²) in [6, 6.07) is 0.520. The molecule has 1 aliphatic rings. The van der Waals surface area contributed by atoms with Gasteiger partial charge in [0.15, 0.2) is 0 Å². The van der Waals surface area contributed by atoms with E-state index in [1.54, 1.807) is 6.33 Å². The Kier molecular flexibility index (Phi) is 1.62. The summed E-state index contributed by atoms with van der Waals surface area (Å²) in [7, 11) is 1.95. The molecular weight excluding hydrogens is 190 g/mol. The molecule has 0 unspecified atom stereocenters. The van der Waals surface area contributed by atoms with Gasteiger partial charge in [-0.15, -0.1) is 0 Å². The van der Waals surface area contributed by atoms with Gasteiger partial charge in [-0.3, -0.25) is 0 Å². The van der Waals surface area contributed by atoms with Gasteiger partial charge in [0.05, 0.1) is 36.0 Å². The number of nitrogen functional groups attached to an aromatic ring is 1. The molecule has 3 rings (SSSR count). The van der Waals surface area contributed by atoms with E-state index in [1.807, 2.05) is 28.7 Å². The van der Waals surface area contributed by atoms with Gasteiger partial charge in [-0.1, -0.05) is 0 Å². The fourth-order valence-electron chi connectivity index (χ4n) is 1.80. The zero-order valence-electron chi connectivity index (χ0n) is 8.59. The molecule has 2 aromatic rings. The Morgan fingerprint density at radius 2 is 2.20 bits per heavy atom. The average Bonchev–Trinajstić information content (AvgIpc) is 2.87. The quantitative estimate of drug-likeness (QED) is 0.797. The van der Waals surface area contributed by atoms with Crippen molar-refractivity contribution in [2.24, 2.45) is 7.05 Å². The van der Waals surface area contributed by atoms with Crippen LogP contribution in [0.15, 0.2) is 18.7 Å². The van der Waals surface area contributed by atoms with Gasteiger partial charge in [0.2, 0.25) is 0 Å². The molecule has 2 heterocycles. The first kappa shape index (κ1) is 8.52. The van der Waals surface area contributed by atoms with Crippen molar-refractivity contribution >= 4 is 5.82 Å². The molecule has 0 atom stereocenters. The molecule has 0 bridgehead atoms. The third kappa shape index (κ3) is 1.23. The maximum absolute atomic E-state index is 6.06. The number of nitrogens with two attached hydrogens (primary N) is 1. The molecule has 5 heteroatoms. The van der Waals surface area contributed by atoms with E-state index in [4.69, 9.17) is 5.73 Å². The highest BCUT2D eigenvalue weighted by molar-refractivity contribution is 5.70. The summed E-state index contributed by atoms with van der Waals surface area (Å²) in [5, 5.41) is 4.33. The number of hydrogen-bond donors (Lipinski definition) is 1. The van der Waals surface area contributed by atoms with Crippen molar-refractivity contribution in [3.63, 3.8) is 0 Å². The fourth-order valence-corrected chi connectivity index (χ4v) is 1.80. The topological polar surface area (TPSA) is 61.7 Å². The van der Waals surface area contributed by atoms with E-state index in [9.17, 15) is 0 Å². The Labute approximate surface area is 87.5 Å². The van der Waals surface area contributed by atoms with Crippen LogP contribution in [0.5, 0.6) is 0 Å². The molecule has 15 heavy (non-hydrogen) atoms. The van der Waals surface area contributed by atoms with E-state index in [1.165, 1.54) is 12.8 Å². The van der Waals surface area contributed by atoms with Gasteiger partial charge in [0, 0.05) is 7.05 Å². The highest BCUT2D eigenvalue weighted by atomic mass is 15.3. The summed E-state index contributed by atoms with van der Waals surface area (Å²) >= 11 is 0. The van der Waals surface area contributed by atoms with Crippen LogP contribution in [-0.4, -0.2) is 19.3 Å². The van der Waals surface area contributed by atoms with Gasteiger partial charge in [-0.05, 0) is 12.8 Å². The van der Waals surface area contributed by atoms with Gasteiger partial charge in [0.25, 0.3) is 0 Å². The monoisotopic (exact) mass is 203 g/mol. The maximum atomic E-state index is 6.06. The lowest BCUT2D eigenvalue weighted by atomic mass is 10.2. The predicted octanol–water partition coefficient (Wildman–Crippen LogP) is 1.20. The molecule has 0 radical (unpaired) electrons. The van der Waals surface area contributed by atoms with Crippen LogP contribution < -0.4 is 5.73 Å². The number of anilines is 1. The minimum Gasteiger partial charge on any atom is -0.383 e. The third-order valence-electron chi connectivity index (χ3n) is 2.82. The van der Waals surface area contributed by atoms with Crippen molar-refractivity contribution in [3.05, 3.63) is 18.7 Å². The zero-order valence-corrected chi connectivity index (χ0v) is 8.59. The van der Waals surface area contributed by atoms with E-state index in [0.717, 1.165) is 17.1 Å². The Morgan fingerprint density at radius 1 is 1.40 bits per heavy atom. The Morgan fingerprint density at radius 3 is 2.80 bits per heavy atom. The molecular formula is C10H13N5. The second-order valence-corrected chi connectivity index (χ2v) is 4.01. The summed E-state index contributed by atoms with van der Waals surface area (Å²) in [5.74, 6) is 0.751. The summed E-state index contributed by atoms with van der Waals surface area (Å²) in [6.45, 7) is 0. The van der Waals surface area contributed by atoms with Gasteiger partial charge in [-0.2, -0.15) is 5.10 Å². The van der Waals surface area contributed by atoms with Crippen LogP contribution in [0, 0.1) is 0 Å². The number of aryl methyl sites for hydroxylation is 1.